The maximum Gasteiger partial charge on any atom is 0.315 e. The molecule has 0 aromatic rings. The van der Waals surface area contributed by atoms with Crippen LogP contribution in [-0.4, -0.2) is 37.3 Å². The number of hydrogen-bond donors (Lipinski definition) is 0. The minimum Gasteiger partial charge on any atom is -0.469 e. The van der Waals surface area contributed by atoms with Gasteiger partial charge in [-0.15, -0.1) is 0 Å². The molecule has 0 aromatic carbocycles. The number of ether oxygens (including phenoxy) is 1. The van der Waals surface area contributed by atoms with Crippen LogP contribution in [0, 0.1) is 0 Å². The van der Waals surface area contributed by atoms with Gasteiger partial charge >= 0.3 is 5.97 Å². The van der Waals surface area contributed by atoms with Gasteiger partial charge in [-0.1, -0.05) is 0 Å². The van der Waals surface area contributed by atoms with E-state index in [9.17, 15) is 9.59 Å². The van der Waals surface area contributed by atoms with Gasteiger partial charge in [0.05, 0.1) is 7.11 Å². The molecule has 0 saturated carbocycles. The minimum atomic E-state index is -0.557. The van der Waals surface area contributed by atoms with Crippen LogP contribution in [-0.2, 0) is 14.3 Å². The van der Waals surface area contributed by atoms with Crippen molar-refractivity contribution in [3.05, 3.63) is 0 Å². The average Bonchev–Trinajstić information content (AvgIpc) is 2.04. The number of carbonyl (C=O) groups excluding carboxylic acids is 2. The summed E-state index contributed by atoms with van der Waals surface area (Å²) in [5.41, 5.74) is 0. The molecule has 0 N–H and O–H groups in total. The number of methoxy groups -OCH3 is 1. The highest BCUT2D eigenvalue weighted by Crippen LogP contribution is 1.92. The Hall–Kier alpha value is -1.39. The van der Waals surface area contributed by atoms with E-state index in [1.54, 1.807) is 6.92 Å². The van der Waals surface area contributed by atoms with Crippen molar-refractivity contribution in [2.24, 2.45) is 5.10 Å². The third-order valence-electron chi connectivity index (χ3n) is 1.17. The Kier molecular flexibility index (Phi) is 4.67. The SMILES string of the molecule is CC=NN(C)C(=O)CC(=O)OC. The van der Waals surface area contributed by atoms with Crippen molar-refractivity contribution in [1.82, 2.24) is 5.01 Å². The van der Waals surface area contributed by atoms with E-state index in [1.807, 2.05) is 0 Å². The molecule has 12 heavy (non-hydrogen) atoms. The number of rotatable bonds is 3. The molecule has 0 aliphatic rings. The number of amides is 1. The van der Waals surface area contributed by atoms with Crippen LogP contribution in [0.15, 0.2) is 5.10 Å². The summed E-state index contributed by atoms with van der Waals surface area (Å²) in [6.07, 6.45) is 1.19. The van der Waals surface area contributed by atoms with Gasteiger partial charge in [0, 0.05) is 13.3 Å². The second kappa shape index (κ2) is 5.29. The number of carbonyl (C=O) groups is 2. The molecule has 0 heterocycles. The van der Waals surface area contributed by atoms with Crippen LogP contribution in [0.5, 0.6) is 0 Å². The highest BCUT2D eigenvalue weighted by Gasteiger charge is 2.12. The summed E-state index contributed by atoms with van der Waals surface area (Å²) in [5.74, 6) is -0.946. The molecule has 68 valence electrons. The van der Waals surface area contributed by atoms with Crippen molar-refractivity contribution >= 4 is 18.1 Å². The van der Waals surface area contributed by atoms with Crippen molar-refractivity contribution in [3.63, 3.8) is 0 Å². The Morgan fingerprint density at radius 1 is 1.58 bits per heavy atom. The Morgan fingerprint density at radius 3 is 2.58 bits per heavy atom. The zero-order valence-corrected chi connectivity index (χ0v) is 7.40. The Morgan fingerprint density at radius 2 is 2.17 bits per heavy atom. The fraction of sp³-hybridized carbons (Fsp3) is 0.571. The summed E-state index contributed by atoms with van der Waals surface area (Å²) < 4.78 is 4.31. The Labute approximate surface area is 71.0 Å². The molecule has 0 unspecified atom stereocenters. The van der Waals surface area contributed by atoms with Crippen molar-refractivity contribution in [3.8, 4) is 0 Å². The molecular formula is C7H12N2O3. The highest BCUT2D eigenvalue weighted by molar-refractivity contribution is 5.94. The molecule has 5 heteroatoms. The second-order valence-corrected chi connectivity index (χ2v) is 2.04. The van der Waals surface area contributed by atoms with Gasteiger partial charge < -0.3 is 4.74 Å². The van der Waals surface area contributed by atoms with Crippen molar-refractivity contribution in [2.45, 2.75) is 13.3 Å². The summed E-state index contributed by atoms with van der Waals surface area (Å²) in [5, 5.41) is 4.76. The summed E-state index contributed by atoms with van der Waals surface area (Å²) in [4.78, 5) is 21.6. The number of nitrogens with zero attached hydrogens (tertiary/aromatic N) is 2. The van der Waals surface area contributed by atoms with Gasteiger partial charge in [-0.05, 0) is 6.92 Å². The molecule has 0 bridgehead atoms. The quantitative estimate of drug-likeness (QED) is 0.261. The zero-order chi connectivity index (χ0) is 9.56. The molecule has 0 aliphatic heterocycles. The highest BCUT2D eigenvalue weighted by atomic mass is 16.5. The van der Waals surface area contributed by atoms with E-state index in [2.05, 4.69) is 9.84 Å². The number of esters is 1. The lowest BCUT2D eigenvalue weighted by Crippen LogP contribution is -2.24. The summed E-state index contributed by atoms with van der Waals surface area (Å²) in [7, 11) is 2.71. The first kappa shape index (κ1) is 10.6. The van der Waals surface area contributed by atoms with Crippen LogP contribution < -0.4 is 0 Å². The van der Waals surface area contributed by atoms with E-state index < -0.39 is 5.97 Å². The topological polar surface area (TPSA) is 59.0 Å². The summed E-state index contributed by atoms with van der Waals surface area (Å²) in [6.45, 7) is 1.68. The normalized spacial score (nSPS) is 9.92. The minimum absolute atomic E-state index is 0.273. The van der Waals surface area contributed by atoms with Crippen LogP contribution in [0.25, 0.3) is 0 Å². The van der Waals surface area contributed by atoms with Gasteiger partial charge in [0.1, 0.15) is 6.42 Å². The van der Waals surface area contributed by atoms with Crippen molar-refractivity contribution in [2.75, 3.05) is 14.2 Å². The van der Waals surface area contributed by atoms with Gasteiger partial charge in [-0.2, -0.15) is 5.10 Å². The van der Waals surface area contributed by atoms with E-state index in [0.717, 1.165) is 5.01 Å². The monoisotopic (exact) mass is 172 g/mol. The maximum absolute atomic E-state index is 11.0. The lowest BCUT2D eigenvalue weighted by atomic mass is 10.4. The third kappa shape index (κ3) is 3.70. The zero-order valence-electron chi connectivity index (χ0n) is 7.40. The molecule has 0 atom stereocenters. The van der Waals surface area contributed by atoms with Crippen LogP contribution >= 0.6 is 0 Å². The van der Waals surface area contributed by atoms with Crippen LogP contribution in [0.3, 0.4) is 0 Å². The number of hydrazone groups is 1. The maximum atomic E-state index is 11.0. The lowest BCUT2D eigenvalue weighted by molar-refractivity contribution is -0.146. The molecule has 0 aromatic heterocycles. The van der Waals surface area contributed by atoms with Gasteiger partial charge in [-0.3, -0.25) is 9.59 Å². The average molecular weight is 172 g/mol. The molecule has 0 saturated heterocycles. The fourth-order valence-electron chi connectivity index (χ4n) is 0.548. The molecular weight excluding hydrogens is 160 g/mol. The van der Waals surface area contributed by atoms with E-state index in [0.29, 0.717) is 0 Å². The Bertz CT molecular complexity index is 201. The molecule has 0 spiro atoms. The molecule has 5 nitrogen and oxygen atoms in total. The van der Waals surface area contributed by atoms with E-state index in [1.165, 1.54) is 20.4 Å². The third-order valence-corrected chi connectivity index (χ3v) is 1.17. The predicted octanol–water partition coefficient (Wildman–Crippen LogP) is 0.0136. The second-order valence-electron chi connectivity index (χ2n) is 2.04. The van der Waals surface area contributed by atoms with E-state index in [4.69, 9.17) is 0 Å². The summed E-state index contributed by atoms with van der Waals surface area (Å²) >= 11 is 0. The Balaban J connectivity index is 3.95. The standard InChI is InChI=1S/C7H12N2O3/c1-4-8-9(2)6(10)5-7(11)12-3/h4H,5H2,1-3H3. The van der Waals surface area contributed by atoms with Gasteiger partial charge in [0.15, 0.2) is 0 Å². The van der Waals surface area contributed by atoms with Gasteiger partial charge in [0.25, 0.3) is 5.91 Å². The number of hydrogen-bond acceptors (Lipinski definition) is 4. The van der Waals surface area contributed by atoms with Crippen LogP contribution in [0.4, 0.5) is 0 Å². The smallest absolute Gasteiger partial charge is 0.315 e. The van der Waals surface area contributed by atoms with Crippen LogP contribution in [0.1, 0.15) is 13.3 Å². The lowest BCUT2D eigenvalue weighted by Gasteiger charge is -2.08. The molecule has 0 radical (unpaired) electrons. The van der Waals surface area contributed by atoms with Gasteiger partial charge in [-0.25, -0.2) is 5.01 Å². The van der Waals surface area contributed by atoms with Crippen molar-refractivity contribution < 1.29 is 14.3 Å². The first-order valence-corrected chi connectivity index (χ1v) is 3.43. The van der Waals surface area contributed by atoms with Crippen LogP contribution in [0.2, 0.25) is 0 Å². The molecule has 1 amide bonds. The molecule has 0 rings (SSSR count). The van der Waals surface area contributed by atoms with E-state index in [-0.39, 0.29) is 12.3 Å². The largest absolute Gasteiger partial charge is 0.469 e. The first-order valence-electron chi connectivity index (χ1n) is 3.43. The molecule has 0 aliphatic carbocycles. The van der Waals surface area contributed by atoms with E-state index >= 15 is 0 Å². The predicted molar refractivity (Wildman–Crippen MR) is 43.6 cm³/mol. The fourth-order valence-corrected chi connectivity index (χ4v) is 0.548. The van der Waals surface area contributed by atoms with Crippen molar-refractivity contribution in [1.29, 1.82) is 0 Å². The molecule has 0 fully saturated rings. The summed E-state index contributed by atoms with van der Waals surface area (Å²) in [6, 6.07) is 0. The van der Waals surface area contributed by atoms with Gasteiger partial charge in [0.2, 0.25) is 0 Å². The first-order chi connectivity index (χ1) is 5.61.